The van der Waals surface area contributed by atoms with E-state index >= 15 is 0 Å². The van der Waals surface area contributed by atoms with Gasteiger partial charge < -0.3 is 16.2 Å². The number of carbonyl (C=O) groups is 2. The van der Waals surface area contributed by atoms with Crippen molar-refractivity contribution in [3.63, 3.8) is 0 Å². The minimum absolute atomic E-state index is 0.0843. The third-order valence-corrected chi connectivity index (χ3v) is 4.92. The van der Waals surface area contributed by atoms with Crippen molar-refractivity contribution in [3.8, 4) is 0 Å². The average Bonchev–Trinajstić information content (AvgIpc) is 2.40. The zero-order valence-corrected chi connectivity index (χ0v) is 14.2. The van der Waals surface area contributed by atoms with Crippen LogP contribution < -0.4 is 11.1 Å². The van der Waals surface area contributed by atoms with E-state index in [0.717, 1.165) is 44.9 Å². The Balaban J connectivity index is 2.46. The van der Waals surface area contributed by atoms with Crippen LogP contribution in [0.4, 0.5) is 0 Å². The number of rotatable bonds is 8. The van der Waals surface area contributed by atoms with Crippen LogP contribution in [0.3, 0.4) is 0 Å². The molecule has 1 aliphatic carbocycles. The quantitative estimate of drug-likeness (QED) is 0.599. The first-order chi connectivity index (χ1) is 10.3. The van der Waals surface area contributed by atoms with E-state index in [2.05, 4.69) is 5.32 Å². The second-order valence-corrected chi connectivity index (χ2v) is 7.10. The van der Waals surface area contributed by atoms with Gasteiger partial charge in [0.15, 0.2) is 0 Å². The van der Waals surface area contributed by atoms with Gasteiger partial charge in [-0.2, -0.15) is 0 Å². The number of hydrogen-bond acceptors (Lipinski definition) is 3. The molecule has 4 N–H and O–H groups in total. The number of aliphatic hydroxyl groups is 1. The van der Waals surface area contributed by atoms with Crippen LogP contribution in [-0.2, 0) is 9.59 Å². The molecule has 2 amide bonds. The smallest absolute Gasteiger partial charge is 0.220 e. The van der Waals surface area contributed by atoms with Gasteiger partial charge >= 0.3 is 0 Å². The molecule has 0 spiro atoms. The summed E-state index contributed by atoms with van der Waals surface area (Å²) in [7, 11) is 0. The van der Waals surface area contributed by atoms with E-state index in [0.29, 0.717) is 6.42 Å². The predicted octanol–water partition coefficient (Wildman–Crippen LogP) is 2.11. The summed E-state index contributed by atoms with van der Waals surface area (Å²) in [6.45, 7) is 5.52. The molecule has 128 valence electrons. The van der Waals surface area contributed by atoms with Crippen molar-refractivity contribution >= 4 is 11.8 Å². The van der Waals surface area contributed by atoms with Crippen molar-refractivity contribution in [2.75, 3.05) is 0 Å². The first-order valence-electron chi connectivity index (χ1n) is 8.55. The summed E-state index contributed by atoms with van der Waals surface area (Å²) in [4.78, 5) is 22.7. The summed E-state index contributed by atoms with van der Waals surface area (Å²) in [5, 5.41) is 13.8. The molecule has 0 heterocycles. The lowest BCUT2D eigenvalue weighted by Gasteiger charge is -2.40. The molecule has 2 unspecified atom stereocenters. The number of carbonyl (C=O) groups excluding carboxylic acids is 2. The second-order valence-electron chi connectivity index (χ2n) is 7.10. The van der Waals surface area contributed by atoms with Crippen LogP contribution in [0.15, 0.2) is 0 Å². The van der Waals surface area contributed by atoms with Crippen LogP contribution in [0, 0.1) is 11.8 Å². The zero-order valence-electron chi connectivity index (χ0n) is 14.2. The van der Waals surface area contributed by atoms with Gasteiger partial charge in [-0.3, -0.25) is 9.59 Å². The van der Waals surface area contributed by atoms with Crippen molar-refractivity contribution < 1.29 is 14.7 Å². The third-order valence-electron chi connectivity index (χ3n) is 4.92. The van der Waals surface area contributed by atoms with E-state index in [9.17, 15) is 14.7 Å². The van der Waals surface area contributed by atoms with E-state index in [1.165, 1.54) is 6.92 Å². The van der Waals surface area contributed by atoms with Gasteiger partial charge in [0.05, 0.1) is 11.6 Å². The van der Waals surface area contributed by atoms with Gasteiger partial charge in [0.25, 0.3) is 0 Å². The van der Waals surface area contributed by atoms with Gasteiger partial charge in [-0.25, -0.2) is 0 Å². The molecule has 0 aromatic rings. The van der Waals surface area contributed by atoms with E-state index in [-0.39, 0.29) is 29.7 Å². The van der Waals surface area contributed by atoms with Crippen molar-refractivity contribution in [1.82, 2.24) is 5.32 Å². The summed E-state index contributed by atoms with van der Waals surface area (Å²) < 4.78 is 0. The number of nitrogens with one attached hydrogen (secondary N) is 1. The Morgan fingerprint density at radius 2 is 2.00 bits per heavy atom. The number of unbranched alkanes of at least 4 members (excludes halogenated alkanes) is 1. The molecule has 1 fully saturated rings. The highest BCUT2D eigenvalue weighted by Crippen LogP contribution is 2.33. The fourth-order valence-electron chi connectivity index (χ4n) is 3.57. The molecule has 5 nitrogen and oxygen atoms in total. The topological polar surface area (TPSA) is 92.4 Å². The highest BCUT2D eigenvalue weighted by Gasteiger charge is 2.38. The summed E-state index contributed by atoms with van der Waals surface area (Å²) in [5.41, 5.74) is 4.63. The van der Waals surface area contributed by atoms with Gasteiger partial charge in [0.1, 0.15) is 0 Å². The molecular formula is C17H32N2O3. The summed E-state index contributed by atoms with van der Waals surface area (Å²) in [6, 6.07) is -0.143. The molecule has 0 aliphatic heterocycles. The van der Waals surface area contributed by atoms with Crippen LogP contribution >= 0.6 is 0 Å². The van der Waals surface area contributed by atoms with Gasteiger partial charge in [-0.05, 0) is 31.6 Å². The molecule has 1 saturated carbocycles. The van der Waals surface area contributed by atoms with Gasteiger partial charge in [-0.15, -0.1) is 0 Å². The first-order valence-corrected chi connectivity index (χ1v) is 8.55. The Morgan fingerprint density at radius 1 is 1.32 bits per heavy atom. The third kappa shape index (κ3) is 5.59. The fraction of sp³-hybridized carbons (Fsp3) is 0.882. The molecule has 5 heteroatoms. The van der Waals surface area contributed by atoms with Gasteiger partial charge in [0, 0.05) is 12.8 Å². The van der Waals surface area contributed by atoms with Crippen LogP contribution in [0.1, 0.15) is 72.1 Å². The molecule has 0 aromatic heterocycles. The lowest BCUT2D eigenvalue weighted by atomic mass is 9.76. The molecule has 1 aliphatic rings. The number of nitrogens with two attached hydrogens (primary N) is 1. The molecular weight excluding hydrogens is 280 g/mol. The molecule has 0 bridgehead atoms. The molecule has 0 saturated heterocycles. The highest BCUT2D eigenvalue weighted by molar-refractivity contribution is 5.76. The molecule has 1 rings (SSSR count). The normalized spacial score (nSPS) is 26.7. The van der Waals surface area contributed by atoms with Crippen molar-refractivity contribution in [3.05, 3.63) is 0 Å². The largest absolute Gasteiger partial charge is 0.388 e. The van der Waals surface area contributed by atoms with Gasteiger partial charge in [0.2, 0.25) is 11.8 Å². The Hall–Kier alpha value is -1.10. The number of primary amides is 1. The van der Waals surface area contributed by atoms with E-state index in [4.69, 9.17) is 5.73 Å². The second kappa shape index (κ2) is 8.51. The van der Waals surface area contributed by atoms with Crippen molar-refractivity contribution in [2.45, 2.75) is 83.8 Å². The van der Waals surface area contributed by atoms with Crippen LogP contribution in [0.2, 0.25) is 0 Å². The Kier molecular flexibility index (Phi) is 7.33. The Labute approximate surface area is 134 Å². The minimum atomic E-state index is -0.802. The van der Waals surface area contributed by atoms with Crippen LogP contribution in [0.25, 0.3) is 0 Å². The molecule has 0 radical (unpaired) electrons. The first kappa shape index (κ1) is 18.9. The van der Waals surface area contributed by atoms with Crippen molar-refractivity contribution in [1.29, 1.82) is 0 Å². The lowest BCUT2D eigenvalue weighted by Crippen LogP contribution is -2.54. The number of hydrogen-bond donors (Lipinski definition) is 3. The van der Waals surface area contributed by atoms with E-state index in [1.54, 1.807) is 0 Å². The SMILES string of the molecule is CC(=O)NC1CCCC[C@]1(O)CCCCC(C(N)=O)C(C)C. The maximum absolute atomic E-state index is 11.4. The average molecular weight is 312 g/mol. The maximum Gasteiger partial charge on any atom is 0.220 e. The standard InChI is InChI=1S/C17H32N2O3/c1-12(2)14(16(18)21)8-4-6-10-17(22)11-7-5-9-15(17)19-13(3)20/h12,14-15,22H,4-11H2,1-3H3,(H2,18,21)(H,19,20)/t14?,15?,17-/m1/s1. The Bertz CT molecular complexity index is 384. The van der Waals surface area contributed by atoms with E-state index < -0.39 is 5.60 Å². The molecule has 22 heavy (non-hydrogen) atoms. The molecule has 3 atom stereocenters. The summed E-state index contributed by atoms with van der Waals surface area (Å²) in [6.07, 6.45) is 6.79. The van der Waals surface area contributed by atoms with E-state index in [1.807, 2.05) is 13.8 Å². The molecule has 0 aromatic carbocycles. The monoisotopic (exact) mass is 312 g/mol. The van der Waals surface area contributed by atoms with Crippen LogP contribution in [-0.4, -0.2) is 28.6 Å². The van der Waals surface area contributed by atoms with Crippen molar-refractivity contribution in [2.24, 2.45) is 17.6 Å². The Morgan fingerprint density at radius 3 is 2.55 bits per heavy atom. The summed E-state index contributed by atoms with van der Waals surface area (Å²) >= 11 is 0. The maximum atomic E-state index is 11.4. The highest BCUT2D eigenvalue weighted by atomic mass is 16.3. The number of amides is 2. The van der Waals surface area contributed by atoms with Gasteiger partial charge in [-0.1, -0.05) is 39.5 Å². The van der Waals surface area contributed by atoms with Crippen LogP contribution in [0.5, 0.6) is 0 Å². The predicted molar refractivity (Wildman–Crippen MR) is 87.0 cm³/mol. The minimum Gasteiger partial charge on any atom is -0.388 e. The zero-order chi connectivity index (χ0) is 16.8. The summed E-state index contributed by atoms with van der Waals surface area (Å²) in [5.74, 6) is -0.157. The lowest BCUT2D eigenvalue weighted by molar-refractivity contribution is -0.124. The fourth-order valence-corrected chi connectivity index (χ4v) is 3.57.